The van der Waals surface area contributed by atoms with Crippen LogP contribution in [-0.2, 0) is 0 Å². The van der Waals surface area contributed by atoms with Crippen molar-refractivity contribution in [3.05, 3.63) is 30.3 Å². The van der Waals surface area contributed by atoms with E-state index in [1.165, 1.54) is 0 Å². The molecule has 1 saturated heterocycles. The molecule has 2 rings (SSSR count). The summed E-state index contributed by atoms with van der Waals surface area (Å²) in [6, 6.07) is 9.27. The average molecular weight is 220 g/mol. The van der Waals surface area contributed by atoms with Crippen molar-refractivity contribution >= 4 is 6.09 Å². The van der Waals surface area contributed by atoms with Crippen LogP contribution in [0.25, 0.3) is 0 Å². The third-order valence-corrected chi connectivity index (χ3v) is 2.57. The van der Waals surface area contributed by atoms with Gasteiger partial charge < -0.3 is 15.4 Å². The third kappa shape index (κ3) is 3.24. The fourth-order valence-corrected chi connectivity index (χ4v) is 1.77. The normalized spacial score (nSPS) is 20.1. The van der Waals surface area contributed by atoms with E-state index in [4.69, 9.17) is 4.74 Å². The molecule has 4 nitrogen and oxygen atoms in total. The average Bonchev–Trinajstić information content (AvgIpc) is 2.31. The molecule has 86 valence electrons. The van der Waals surface area contributed by atoms with E-state index in [1.54, 1.807) is 12.1 Å². The number of carbonyl (C=O) groups excluding carboxylic acids is 1. The van der Waals surface area contributed by atoms with E-state index < -0.39 is 0 Å². The number of carbonyl (C=O) groups is 1. The van der Waals surface area contributed by atoms with Crippen molar-refractivity contribution in [1.29, 1.82) is 0 Å². The number of ether oxygens (including phenoxy) is 1. The highest BCUT2D eigenvalue weighted by molar-refractivity contribution is 5.70. The fourth-order valence-electron chi connectivity index (χ4n) is 1.77. The van der Waals surface area contributed by atoms with E-state index >= 15 is 0 Å². The molecule has 0 spiro atoms. The van der Waals surface area contributed by atoms with Crippen LogP contribution in [0.2, 0.25) is 0 Å². The van der Waals surface area contributed by atoms with Gasteiger partial charge in [0.25, 0.3) is 0 Å². The van der Waals surface area contributed by atoms with Crippen LogP contribution in [0.5, 0.6) is 5.75 Å². The molecule has 0 aromatic heterocycles. The summed E-state index contributed by atoms with van der Waals surface area (Å²) in [7, 11) is 0. The molecule has 0 saturated carbocycles. The maximum absolute atomic E-state index is 11.5. The van der Waals surface area contributed by atoms with E-state index in [-0.39, 0.29) is 12.1 Å². The first-order chi connectivity index (χ1) is 7.84. The quantitative estimate of drug-likeness (QED) is 0.794. The molecular weight excluding hydrogens is 204 g/mol. The number of para-hydroxylation sites is 1. The van der Waals surface area contributed by atoms with Crippen LogP contribution in [0.3, 0.4) is 0 Å². The summed E-state index contributed by atoms with van der Waals surface area (Å²) in [4.78, 5) is 11.5. The van der Waals surface area contributed by atoms with Gasteiger partial charge in [-0.3, -0.25) is 0 Å². The predicted molar refractivity (Wildman–Crippen MR) is 61.5 cm³/mol. The molecule has 1 aromatic rings. The Kier molecular flexibility index (Phi) is 3.77. The summed E-state index contributed by atoms with van der Waals surface area (Å²) >= 11 is 0. The molecule has 1 atom stereocenters. The van der Waals surface area contributed by atoms with Crippen LogP contribution >= 0.6 is 0 Å². The first-order valence-electron chi connectivity index (χ1n) is 5.59. The van der Waals surface area contributed by atoms with Gasteiger partial charge in [0.05, 0.1) is 0 Å². The Morgan fingerprint density at radius 3 is 2.88 bits per heavy atom. The Hall–Kier alpha value is -1.55. The lowest BCUT2D eigenvalue weighted by Crippen LogP contribution is -2.46. The number of benzene rings is 1. The summed E-state index contributed by atoms with van der Waals surface area (Å²) in [6.45, 7) is 1.86. The van der Waals surface area contributed by atoms with Crippen LogP contribution in [-0.4, -0.2) is 25.2 Å². The van der Waals surface area contributed by atoms with E-state index in [2.05, 4.69) is 10.6 Å². The Balaban J connectivity index is 1.80. The lowest BCUT2D eigenvalue weighted by Gasteiger charge is -2.23. The zero-order valence-corrected chi connectivity index (χ0v) is 9.11. The highest BCUT2D eigenvalue weighted by Crippen LogP contribution is 2.09. The van der Waals surface area contributed by atoms with Gasteiger partial charge in [-0.25, -0.2) is 4.79 Å². The van der Waals surface area contributed by atoms with E-state index in [9.17, 15) is 4.79 Å². The van der Waals surface area contributed by atoms with Gasteiger partial charge in [-0.05, 0) is 31.5 Å². The molecule has 1 aliphatic heterocycles. The van der Waals surface area contributed by atoms with Crippen molar-refractivity contribution < 1.29 is 9.53 Å². The molecule has 16 heavy (non-hydrogen) atoms. The molecule has 4 heteroatoms. The smallest absolute Gasteiger partial charge is 0.410 e. The van der Waals surface area contributed by atoms with Gasteiger partial charge in [-0.1, -0.05) is 18.2 Å². The number of nitrogens with one attached hydrogen (secondary N) is 2. The minimum Gasteiger partial charge on any atom is -0.410 e. The zero-order valence-electron chi connectivity index (χ0n) is 9.11. The molecule has 1 fully saturated rings. The fraction of sp³-hybridized carbons (Fsp3) is 0.417. The summed E-state index contributed by atoms with van der Waals surface area (Å²) in [5.41, 5.74) is 0. The number of rotatable bonds is 2. The second-order valence-electron chi connectivity index (χ2n) is 3.89. The lowest BCUT2D eigenvalue weighted by molar-refractivity contribution is 0.193. The summed E-state index contributed by atoms with van der Waals surface area (Å²) in [5.74, 6) is 0.573. The largest absolute Gasteiger partial charge is 0.412 e. The first-order valence-corrected chi connectivity index (χ1v) is 5.59. The van der Waals surface area contributed by atoms with E-state index in [0.29, 0.717) is 5.75 Å². The summed E-state index contributed by atoms with van der Waals surface area (Å²) in [6.07, 6.45) is 1.73. The predicted octanol–water partition coefficient (Wildman–Crippen LogP) is 1.53. The molecule has 1 amide bonds. The van der Waals surface area contributed by atoms with Crippen molar-refractivity contribution in [3.8, 4) is 5.75 Å². The van der Waals surface area contributed by atoms with Gasteiger partial charge in [0.1, 0.15) is 5.75 Å². The van der Waals surface area contributed by atoms with Crippen LogP contribution in [0.15, 0.2) is 30.3 Å². The minimum absolute atomic E-state index is 0.185. The zero-order chi connectivity index (χ0) is 11.2. The van der Waals surface area contributed by atoms with Crippen LogP contribution in [0.4, 0.5) is 4.79 Å². The highest BCUT2D eigenvalue weighted by Gasteiger charge is 2.15. The van der Waals surface area contributed by atoms with E-state index in [1.807, 2.05) is 18.2 Å². The number of piperidine rings is 1. The molecule has 0 radical (unpaired) electrons. The molecular formula is C12H16N2O2. The maximum Gasteiger partial charge on any atom is 0.412 e. The lowest BCUT2D eigenvalue weighted by atomic mass is 10.1. The second-order valence-corrected chi connectivity index (χ2v) is 3.89. The van der Waals surface area contributed by atoms with E-state index in [0.717, 1.165) is 25.9 Å². The van der Waals surface area contributed by atoms with Gasteiger partial charge in [0.2, 0.25) is 0 Å². The first kappa shape index (κ1) is 11.0. The van der Waals surface area contributed by atoms with Gasteiger partial charge in [-0.15, -0.1) is 0 Å². The minimum atomic E-state index is -0.375. The van der Waals surface area contributed by atoms with Gasteiger partial charge >= 0.3 is 6.09 Å². The maximum atomic E-state index is 11.5. The number of amides is 1. The van der Waals surface area contributed by atoms with Crippen LogP contribution < -0.4 is 15.4 Å². The standard InChI is InChI=1S/C12H16N2O2/c15-12(14-10-5-4-8-13-9-10)16-11-6-2-1-3-7-11/h1-3,6-7,10,13H,4-5,8-9H2,(H,14,15)/t10-/m0/s1. The molecule has 1 aliphatic rings. The Bertz CT molecular complexity index is 334. The summed E-state index contributed by atoms with van der Waals surface area (Å²) in [5, 5.41) is 6.08. The number of hydrogen-bond acceptors (Lipinski definition) is 3. The molecule has 0 aliphatic carbocycles. The Labute approximate surface area is 95.0 Å². The molecule has 1 aromatic carbocycles. The SMILES string of the molecule is O=C(N[C@H]1CCCNC1)Oc1ccccc1. The topological polar surface area (TPSA) is 50.4 Å². The van der Waals surface area contributed by atoms with Gasteiger partial charge in [-0.2, -0.15) is 0 Å². The van der Waals surface area contributed by atoms with Crippen molar-refractivity contribution in [2.24, 2.45) is 0 Å². The van der Waals surface area contributed by atoms with Crippen molar-refractivity contribution in [2.45, 2.75) is 18.9 Å². The van der Waals surface area contributed by atoms with Crippen molar-refractivity contribution in [3.63, 3.8) is 0 Å². The second kappa shape index (κ2) is 5.51. The molecule has 1 heterocycles. The van der Waals surface area contributed by atoms with Gasteiger partial charge in [0, 0.05) is 12.6 Å². The van der Waals surface area contributed by atoms with Crippen LogP contribution in [0, 0.1) is 0 Å². The van der Waals surface area contributed by atoms with Crippen molar-refractivity contribution in [2.75, 3.05) is 13.1 Å². The summed E-state index contributed by atoms with van der Waals surface area (Å²) < 4.78 is 5.14. The monoisotopic (exact) mass is 220 g/mol. The Morgan fingerprint density at radius 2 is 2.19 bits per heavy atom. The Morgan fingerprint density at radius 1 is 1.38 bits per heavy atom. The third-order valence-electron chi connectivity index (χ3n) is 2.57. The van der Waals surface area contributed by atoms with Crippen LogP contribution in [0.1, 0.15) is 12.8 Å². The molecule has 2 N–H and O–H groups in total. The molecule has 0 unspecified atom stereocenters. The molecule has 0 bridgehead atoms. The highest BCUT2D eigenvalue weighted by atomic mass is 16.6. The number of hydrogen-bond donors (Lipinski definition) is 2. The van der Waals surface area contributed by atoms with Crippen molar-refractivity contribution in [1.82, 2.24) is 10.6 Å². The van der Waals surface area contributed by atoms with Gasteiger partial charge in [0.15, 0.2) is 0 Å².